The Kier molecular flexibility index (Phi) is 7.26. The van der Waals surface area contributed by atoms with E-state index in [1.54, 1.807) is 26.2 Å². The molecule has 28 heavy (non-hydrogen) atoms. The molecule has 0 atom stereocenters. The summed E-state index contributed by atoms with van der Waals surface area (Å²) in [4.78, 5) is 6.68. The van der Waals surface area contributed by atoms with Crippen LogP contribution in [0.1, 0.15) is 25.1 Å². The highest BCUT2D eigenvalue weighted by molar-refractivity contribution is 7.89. The third-order valence-electron chi connectivity index (χ3n) is 4.80. The van der Waals surface area contributed by atoms with Gasteiger partial charge in [0, 0.05) is 52.7 Å². The molecule has 0 fully saturated rings. The van der Waals surface area contributed by atoms with E-state index < -0.39 is 10.0 Å². The second-order valence-electron chi connectivity index (χ2n) is 7.13. The fourth-order valence-corrected chi connectivity index (χ4v) is 4.14. The van der Waals surface area contributed by atoms with Crippen molar-refractivity contribution in [2.45, 2.75) is 37.9 Å². The van der Waals surface area contributed by atoms with E-state index in [0.29, 0.717) is 11.4 Å². The van der Waals surface area contributed by atoms with Gasteiger partial charge in [0.05, 0.1) is 11.4 Å². The summed E-state index contributed by atoms with van der Waals surface area (Å²) < 4.78 is 28.6. The highest BCUT2D eigenvalue weighted by Crippen LogP contribution is 2.17. The molecule has 0 aliphatic carbocycles. The second-order valence-corrected chi connectivity index (χ2v) is 9.12. The summed E-state index contributed by atoms with van der Waals surface area (Å²) >= 11 is 0. The molecule has 8 heteroatoms. The number of nitrogens with zero attached hydrogens (tertiary/aromatic N) is 4. The van der Waals surface area contributed by atoms with Crippen molar-refractivity contribution in [1.82, 2.24) is 19.1 Å². The van der Waals surface area contributed by atoms with Crippen LogP contribution >= 0.6 is 0 Å². The van der Waals surface area contributed by atoms with Crippen molar-refractivity contribution >= 4 is 16.0 Å². The predicted molar refractivity (Wildman–Crippen MR) is 114 cm³/mol. The summed E-state index contributed by atoms with van der Waals surface area (Å²) in [6.07, 6.45) is 2.02. The first-order chi connectivity index (χ1) is 13.2. The van der Waals surface area contributed by atoms with Gasteiger partial charge in [-0.15, -0.1) is 0 Å². The van der Waals surface area contributed by atoms with Crippen molar-refractivity contribution in [2.24, 2.45) is 12.0 Å². The molecule has 2 aromatic rings. The number of aromatic nitrogens is 1. The Morgan fingerprint density at radius 2 is 1.82 bits per heavy atom. The van der Waals surface area contributed by atoms with Gasteiger partial charge in [0.2, 0.25) is 10.0 Å². The zero-order valence-electron chi connectivity index (χ0n) is 17.5. The molecule has 1 N–H and O–H groups in total. The van der Waals surface area contributed by atoms with Crippen molar-refractivity contribution in [1.29, 1.82) is 0 Å². The van der Waals surface area contributed by atoms with Gasteiger partial charge in [-0.3, -0.25) is 4.99 Å². The van der Waals surface area contributed by atoms with Gasteiger partial charge < -0.3 is 14.8 Å². The van der Waals surface area contributed by atoms with Crippen molar-refractivity contribution in [2.75, 3.05) is 21.1 Å². The topological polar surface area (TPSA) is 69.9 Å². The van der Waals surface area contributed by atoms with Crippen LogP contribution in [0.2, 0.25) is 0 Å². The lowest BCUT2D eigenvalue weighted by molar-refractivity contribution is 0.410. The van der Waals surface area contributed by atoms with Crippen LogP contribution in [0.25, 0.3) is 0 Å². The van der Waals surface area contributed by atoms with Gasteiger partial charge in [-0.1, -0.05) is 12.1 Å². The lowest BCUT2D eigenvalue weighted by Crippen LogP contribution is -2.38. The normalized spacial score (nSPS) is 12.6. The van der Waals surface area contributed by atoms with Crippen LogP contribution in [0.3, 0.4) is 0 Å². The Labute approximate surface area is 168 Å². The number of hydrogen-bond acceptors (Lipinski definition) is 3. The van der Waals surface area contributed by atoms with Crippen LogP contribution in [0.4, 0.5) is 0 Å². The van der Waals surface area contributed by atoms with Gasteiger partial charge >= 0.3 is 0 Å². The Bertz CT molecular complexity index is 901. The fourth-order valence-electron chi connectivity index (χ4n) is 2.77. The Balaban J connectivity index is 2.01. The predicted octanol–water partition coefficient (Wildman–Crippen LogP) is 2.26. The molecule has 0 aliphatic heterocycles. The van der Waals surface area contributed by atoms with Crippen molar-refractivity contribution in [3.63, 3.8) is 0 Å². The molecule has 0 amide bonds. The third-order valence-corrected chi connectivity index (χ3v) is 6.85. The van der Waals surface area contributed by atoms with Gasteiger partial charge in [0.1, 0.15) is 0 Å². The number of aryl methyl sites for hydroxylation is 1. The first-order valence-corrected chi connectivity index (χ1v) is 10.7. The second kappa shape index (κ2) is 9.25. The molecular weight excluding hydrogens is 374 g/mol. The SMILES string of the molecule is CN=C(NCc1ccc(S(=O)(=O)N(C)C(C)C)cc1)N(C)Cc1cccn1C. The maximum atomic E-state index is 12.5. The van der Waals surface area contributed by atoms with Gasteiger partial charge in [-0.2, -0.15) is 4.31 Å². The quantitative estimate of drug-likeness (QED) is 0.567. The zero-order chi connectivity index (χ0) is 20.9. The first kappa shape index (κ1) is 22.0. The molecule has 154 valence electrons. The number of benzene rings is 1. The van der Waals surface area contributed by atoms with Gasteiger partial charge in [0.15, 0.2) is 5.96 Å². The molecule has 0 saturated carbocycles. The largest absolute Gasteiger partial charge is 0.353 e. The van der Waals surface area contributed by atoms with Crippen molar-refractivity contribution in [3.05, 3.63) is 53.9 Å². The molecule has 0 saturated heterocycles. The number of sulfonamides is 1. The number of rotatable bonds is 7. The Hall–Kier alpha value is -2.32. The summed E-state index contributed by atoms with van der Waals surface area (Å²) in [5.74, 6) is 0.775. The van der Waals surface area contributed by atoms with Gasteiger partial charge in [-0.25, -0.2) is 8.42 Å². The van der Waals surface area contributed by atoms with E-state index in [0.717, 1.165) is 18.1 Å². The van der Waals surface area contributed by atoms with E-state index in [9.17, 15) is 8.42 Å². The molecule has 0 spiro atoms. The first-order valence-electron chi connectivity index (χ1n) is 9.25. The maximum absolute atomic E-state index is 12.5. The van der Waals surface area contributed by atoms with Crippen LogP contribution in [0.5, 0.6) is 0 Å². The highest BCUT2D eigenvalue weighted by atomic mass is 32.2. The zero-order valence-corrected chi connectivity index (χ0v) is 18.4. The van der Waals surface area contributed by atoms with E-state index in [1.165, 1.54) is 10.00 Å². The molecule has 0 radical (unpaired) electrons. The van der Waals surface area contributed by atoms with Crippen LogP contribution in [-0.2, 0) is 30.2 Å². The van der Waals surface area contributed by atoms with E-state index in [1.807, 2.05) is 57.2 Å². The maximum Gasteiger partial charge on any atom is 0.243 e. The highest BCUT2D eigenvalue weighted by Gasteiger charge is 2.22. The van der Waals surface area contributed by atoms with Crippen LogP contribution in [0, 0.1) is 0 Å². The van der Waals surface area contributed by atoms with Gasteiger partial charge in [-0.05, 0) is 43.7 Å². The third kappa shape index (κ3) is 5.14. The molecule has 2 rings (SSSR count). The van der Waals surface area contributed by atoms with Crippen molar-refractivity contribution in [3.8, 4) is 0 Å². The van der Waals surface area contributed by atoms with E-state index >= 15 is 0 Å². The molecule has 0 unspecified atom stereocenters. The summed E-state index contributed by atoms with van der Waals surface area (Å²) in [5, 5.41) is 3.32. The number of nitrogens with one attached hydrogen (secondary N) is 1. The standard InChI is InChI=1S/C20H31N5O2S/c1-16(2)25(6)28(26,27)19-11-9-17(10-12-19)14-22-20(21-3)24(5)15-18-8-7-13-23(18)4/h7-13,16H,14-15H2,1-6H3,(H,21,22). The van der Waals surface area contributed by atoms with Gasteiger partial charge in [0.25, 0.3) is 0 Å². The molecule has 1 heterocycles. The van der Waals surface area contributed by atoms with E-state index in [4.69, 9.17) is 0 Å². The van der Waals surface area contributed by atoms with E-state index in [2.05, 4.69) is 20.9 Å². The lowest BCUT2D eigenvalue weighted by atomic mass is 10.2. The summed E-state index contributed by atoms with van der Waals surface area (Å²) in [6, 6.07) is 11.0. The van der Waals surface area contributed by atoms with Crippen LogP contribution < -0.4 is 5.32 Å². The smallest absolute Gasteiger partial charge is 0.243 e. The molecular formula is C20H31N5O2S. The number of guanidine groups is 1. The molecule has 1 aromatic carbocycles. The Morgan fingerprint density at radius 1 is 1.18 bits per heavy atom. The minimum atomic E-state index is -3.46. The molecule has 1 aromatic heterocycles. The number of hydrogen-bond donors (Lipinski definition) is 1. The van der Waals surface area contributed by atoms with E-state index in [-0.39, 0.29) is 6.04 Å². The minimum absolute atomic E-state index is 0.0885. The number of aliphatic imine (C=N–C) groups is 1. The van der Waals surface area contributed by atoms with Crippen molar-refractivity contribution < 1.29 is 8.42 Å². The summed E-state index contributed by atoms with van der Waals surface area (Å²) in [6.45, 7) is 5.01. The summed E-state index contributed by atoms with van der Waals surface area (Å²) in [7, 11) is 3.90. The minimum Gasteiger partial charge on any atom is -0.353 e. The van der Waals surface area contributed by atoms with Crippen LogP contribution in [-0.4, -0.2) is 55.3 Å². The average Bonchev–Trinajstić information content (AvgIpc) is 3.06. The molecule has 0 bridgehead atoms. The Morgan fingerprint density at radius 3 is 2.32 bits per heavy atom. The molecule has 7 nitrogen and oxygen atoms in total. The lowest BCUT2D eigenvalue weighted by Gasteiger charge is -2.23. The monoisotopic (exact) mass is 405 g/mol. The fraction of sp³-hybridized carbons (Fsp3) is 0.450. The average molecular weight is 406 g/mol. The molecule has 0 aliphatic rings. The summed E-state index contributed by atoms with van der Waals surface area (Å²) in [5.41, 5.74) is 2.17. The van der Waals surface area contributed by atoms with Crippen LogP contribution in [0.15, 0.2) is 52.5 Å².